The molecule has 0 spiro atoms. The van der Waals surface area contributed by atoms with Crippen LogP contribution in [0.2, 0.25) is 0 Å². The van der Waals surface area contributed by atoms with E-state index in [1.54, 1.807) is 18.9 Å². The van der Waals surface area contributed by atoms with Gasteiger partial charge in [-0.1, -0.05) is 0 Å². The second-order valence-electron chi connectivity index (χ2n) is 6.20. The number of aryl methyl sites for hydroxylation is 1. The number of aromatic nitrogens is 1. The number of amides is 1. The Hall–Kier alpha value is -2.96. The quantitative estimate of drug-likeness (QED) is 0.876. The van der Waals surface area contributed by atoms with Gasteiger partial charge in [-0.05, 0) is 31.2 Å². The van der Waals surface area contributed by atoms with Crippen LogP contribution in [0.5, 0.6) is 11.5 Å². The largest absolute Gasteiger partial charge is 0.497 e. The second kappa shape index (κ2) is 7.95. The Morgan fingerprint density at radius 1 is 1.15 bits per heavy atom. The number of hydrogen-bond donors (Lipinski definition) is 1. The summed E-state index contributed by atoms with van der Waals surface area (Å²) < 4.78 is 10.6. The van der Waals surface area contributed by atoms with Gasteiger partial charge in [-0.25, -0.2) is 0 Å². The number of H-pyrrole nitrogens is 1. The number of piperazine rings is 1. The van der Waals surface area contributed by atoms with E-state index in [1.807, 2.05) is 24.3 Å². The highest BCUT2D eigenvalue weighted by Gasteiger charge is 2.22. The van der Waals surface area contributed by atoms with Gasteiger partial charge in [-0.2, -0.15) is 0 Å². The molecule has 0 unspecified atom stereocenters. The highest BCUT2D eigenvalue weighted by Crippen LogP contribution is 2.20. The lowest BCUT2D eigenvalue weighted by Crippen LogP contribution is -2.50. The molecule has 1 N–H and O–H groups in total. The van der Waals surface area contributed by atoms with Crippen LogP contribution >= 0.6 is 0 Å². The summed E-state index contributed by atoms with van der Waals surface area (Å²) in [6.07, 6.45) is 1.49. The van der Waals surface area contributed by atoms with E-state index in [4.69, 9.17) is 9.47 Å². The van der Waals surface area contributed by atoms with Gasteiger partial charge >= 0.3 is 0 Å². The Kier molecular flexibility index (Phi) is 5.46. The van der Waals surface area contributed by atoms with E-state index in [-0.39, 0.29) is 23.7 Å². The Morgan fingerprint density at radius 3 is 2.46 bits per heavy atom. The van der Waals surface area contributed by atoms with Crippen molar-refractivity contribution in [1.29, 1.82) is 0 Å². The molecule has 1 aromatic carbocycles. The Labute approximate surface area is 152 Å². The van der Waals surface area contributed by atoms with E-state index >= 15 is 0 Å². The first-order valence-corrected chi connectivity index (χ1v) is 8.56. The minimum atomic E-state index is -0.224. The van der Waals surface area contributed by atoms with Gasteiger partial charge in [0.2, 0.25) is 5.43 Å². The zero-order valence-corrected chi connectivity index (χ0v) is 15.0. The summed E-state index contributed by atoms with van der Waals surface area (Å²) in [4.78, 5) is 31.0. The Bertz CT molecular complexity index is 808. The van der Waals surface area contributed by atoms with Crippen molar-refractivity contribution < 1.29 is 14.3 Å². The highest BCUT2D eigenvalue weighted by molar-refractivity contribution is 5.78. The van der Waals surface area contributed by atoms with Crippen molar-refractivity contribution in [2.24, 2.45) is 0 Å². The number of methoxy groups -OCH3 is 1. The highest BCUT2D eigenvalue weighted by atomic mass is 16.5. The monoisotopic (exact) mass is 357 g/mol. The minimum absolute atomic E-state index is 0.112. The Morgan fingerprint density at radius 2 is 1.85 bits per heavy atom. The van der Waals surface area contributed by atoms with Crippen molar-refractivity contribution >= 4 is 11.6 Å². The maximum atomic E-state index is 12.3. The lowest BCUT2D eigenvalue weighted by Gasteiger charge is -2.36. The van der Waals surface area contributed by atoms with Gasteiger partial charge in [0.25, 0.3) is 5.91 Å². The Balaban J connectivity index is 1.50. The number of carbonyl (C=O) groups excluding carboxylic acids is 1. The summed E-state index contributed by atoms with van der Waals surface area (Å²) in [5, 5.41) is 0. The second-order valence-corrected chi connectivity index (χ2v) is 6.20. The molecule has 2 aromatic rings. The normalized spacial score (nSPS) is 14.2. The zero-order valence-electron chi connectivity index (χ0n) is 15.0. The summed E-state index contributed by atoms with van der Waals surface area (Å²) in [7, 11) is 1.64. The van der Waals surface area contributed by atoms with Crippen LogP contribution in [-0.4, -0.2) is 55.7 Å². The van der Waals surface area contributed by atoms with Crippen LogP contribution < -0.4 is 19.8 Å². The molecule has 1 aliphatic heterocycles. The third-order valence-electron chi connectivity index (χ3n) is 4.44. The fourth-order valence-corrected chi connectivity index (χ4v) is 2.91. The molecule has 1 saturated heterocycles. The molecule has 0 bridgehead atoms. The van der Waals surface area contributed by atoms with Crippen molar-refractivity contribution in [1.82, 2.24) is 9.88 Å². The van der Waals surface area contributed by atoms with Crippen LogP contribution in [-0.2, 0) is 4.79 Å². The molecule has 2 heterocycles. The van der Waals surface area contributed by atoms with Crippen LogP contribution in [0.25, 0.3) is 0 Å². The van der Waals surface area contributed by atoms with Gasteiger partial charge in [0.1, 0.15) is 5.75 Å². The van der Waals surface area contributed by atoms with E-state index in [0.29, 0.717) is 13.1 Å². The first kappa shape index (κ1) is 17.8. The van der Waals surface area contributed by atoms with Gasteiger partial charge in [0.05, 0.1) is 7.11 Å². The first-order valence-electron chi connectivity index (χ1n) is 8.56. The number of benzene rings is 1. The average Bonchev–Trinajstić information content (AvgIpc) is 2.67. The molecule has 0 saturated carbocycles. The predicted molar refractivity (Wildman–Crippen MR) is 99.1 cm³/mol. The topological polar surface area (TPSA) is 74.9 Å². The molecule has 138 valence electrons. The fourth-order valence-electron chi connectivity index (χ4n) is 2.91. The predicted octanol–water partition coefficient (Wildman–Crippen LogP) is 1.42. The minimum Gasteiger partial charge on any atom is -0.497 e. The molecule has 1 amide bonds. The number of nitrogens with one attached hydrogen (secondary N) is 1. The fraction of sp³-hybridized carbons (Fsp3) is 0.368. The van der Waals surface area contributed by atoms with Gasteiger partial charge in [-0.3, -0.25) is 9.59 Å². The summed E-state index contributed by atoms with van der Waals surface area (Å²) >= 11 is 0. The van der Waals surface area contributed by atoms with Crippen molar-refractivity contribution in [3.8, 4) is 11.5 Å². The molecular weight excluding hydrogens is 334 g/mol. The van der Waals surface area contributed by atoms with Crippen molar-refractivity contribution in [3.05, 3.63) is 52.4 Å². The van der Waals surface area contributed by atoms with E-state index in [9.17, 15) is 9.59 Å². The average molecular weight is 357 g/mol. The molecule has 1 aromatic heterocycles. The van der Waals surface area contributed by atoms with Crippen LogP contribution in [0, 0.1) is 6.92 Å². The van der Waals surface area contributed by atoms with Gasteiger partial charge in [0, 0.05) is 49.8 Å². The molecule has 1 aliphatic rings. The smallest absolute Gasteiger partial charge is 0.260 e. The summed E-state index contributed by atoms with van der Waals surface area (Å²) in [5.41, 5.74) is 1.64. The maximum Gasteiger partial charge on any atom is 0.260 e. The first-order chi connectivity index (χ1) is 12.6. The molecule has 7 heteroatoms. The standard InChI is InChI=1S/C19H23N3O4/c1-14-11-17(23)18(12-20-14)26-13-19(24)22-9-7-21(8-10-22)15-3-5-16(25-2)6-4-15/h3-6,11-12H,7-10,13H2,1-2H3,(H,20,23). The van der Waals surface area contributed by atoms with Gasteiger partial charge in [-0.15, -0.1) is 0 Å². The molecule has 0 atom stereocenters. The lowest BCUT2D eigenvalue weighted by atomic mass is 10.2. The molecule has 3 rings (SSSR count). The lowest BCUT2D eigenvalue weighted by molar-refractivity contribution is -0.133. The molecule has 26 heavy (non-hydrogen) atoms. The molecule has 1 fully saturated rings. The maximum absolute atomic E-state index is 12.3. The number of ether oxygens (including phenoxy) is 2. The number of hydrogen-bond acceptors (Lipinski definition) is 5. The summed E-state index contributed by atoms with van der Waals surface area (Å²) in [6.45, 7) is 4.41. The van der Waals surface area contributed by atoms with Crippen molar-refractivity contribution in [3.63, 3.8) is 0 Å². The van der Waals surface area contributed by atoms with E-state index in [1.165, 1.54) is 12.3 Å². The number of anilines is 1. The number of rotatable bonds is 5. The molecule has 0 aliphatic carbocycles. The molecular formula is C19H23N3O4. The molecule has 0 radical (unpaired) electrons. The van der Waals surface area contributed by atoms with Gasteiger partial charge in [0.15, 0.2) is 12.4 Å². The summed E-state index contributed by atoms with van der Waals surface area (Å²) in [6, 6.07) is 9.35. The van der Waals surface area contributed by atoms with Crippen LogP contribution in [0.15, 0.2) is 41.3 Å². The van der Waals surface area contributed by atoms with Crippen LogP contribution in [0.3, 0.4) is 0 Å². The number of nitrogens with zero attached hydrogens (tertiary/aromatic N) is 2. The van der Waals surface area contributed by atoms with Crippen LogP contribution in [0.1, 0.15) is 5.69 Å². The number of aromatic amines is 1. The third kappa shape index (κ3) is 4.17. The molecule has 7 nitrogen and oxygen atoms in total. The number of carbonyl (C=O) groups is 1. The van der Waals surface area contributed by atoms with Crippen LogP contribution in [0.4, 0.5) is 5.69 Å². The van der Waals surface area contributed by atoms with Crippen molar-refractivity contribution in [2.75, 3.05) is 44.8 Å². The number of pyridine rings is 1. The van der Waals surface area contributed by atoms with E-state index in [2.05, 4.69) is 9.88 Å². The third-order valence-corrected chi connectivity index (χ3v) is 4.44. The summed E-state index contributed by atoms with van der Waals surface area (Å²) in [5.74, 6) is 0.881. The van der Waals surface area contributed by atoms with Crippen molar-refractivity contribution in [2.45, 2.75) is 6.92 Å². The van der Waals surface area contributed by atoms with E-state index < -0.39 is 0 Å². The van der Waals surface area contributed by atoms with Gasteiger partial charge < -0.3 is 24.3 Å². The zero-order chi connectivity index (χ0) is 18.5. The van der Waals surface area contributed by atoms with E-state index in [0.717, 1.165) is 30.2 Å². The SMILES string of the molecule is COc1ccc(N2CCN(C(=O)COc3c[nH]c(C)cc3=O)CC2)cc1.